The number of hydrogen-bond donors (Lipinski definition) is 1. The van der Waals surface area contributed by atoms with Crippen LogP contribution in [-0.2, 0) is 14.8 Å². The van der Waals surface area contributed by atoms with E-state index >= 15 is 0 Å². The molecule has 3 aromatic rings. The highest BCUT2D eigenvalue weighted by molar-refractivity contribution is 7.92. The molecule has 32 heavy (non-hydrogen) atoms. The molecule has 0 aliphatic heterocycles. The highest BCUT2D eigenvalue weighted by Gasteiger charge is 2.27. The third-order valence-corrected chi connectivity index (χ3v) is 6.60. The van der Waals surface area contributed by atoms with E-state index in [1.165, 1.54) is 24.3 Å². The van der Waals surface area contributed by atoms with E-state index < -0.39 is 28.3 Å². The number of hydrogen-bond acceptors (Lipinski definition) is 4. The zero-order chi connectivity index (χ0) is 23.1. The summed E-state index contributed by atoms with van der Waals surface area (Å²) in [7, 11) is -4.10. The molecule has 9 heteroatoms. The first-order chi connectivity index (χ1) is 15.3. The number of amides is 1. The first-order valence-corrected chi connectivity index (χ1v) is 11.6. The zero-order valence-electron chi connectivity index (χ0n) is 17.3. The van der Waals surface area contributed by atoms with E-state index in [0.717, 1.165) is 15.9 Å². The van der Waals surface area contributed by atoms with E-state index in [9.17, 15) is 17.6 Å². The fourth-order valence-electron chi connectivity index (χ4n) is 2.86. The molecule has 0 saturated carbocycles. The molecule has 0 fully saturated rings. The van der Waals surface area contributed by atoms with Crippen LogP contribution >= 0.6 is 11.6 Å². The van der Waals surface area contributed by atoms with Gasteiger partial charge < -0.3 is 10.1 Å². The lowest BCUT2D eigenvalue weighted by Gasteiger charge is -2.24. The Morgan fingerprint density at radius 2 is 1.75 bits per heavy atom. The maximum absolute atomic E-state index is 13.6. The van der Waals surface area contributed by atoms with Crippen molar-refractivity contribution >= 4 is 33.2 Å². The monoisotopic (exact) mass is 476 g/mol. The molecule has 1 N–H and O–H groups in total. The molecular formula is C23H22ClFN2O4S. The molecule has 0 bridgehead atoms. The number of anilines is 1. The number of aryl methyl sites for hydroxylation is 1. The zero-order valence-corrected chi connectivity index (χ0v) is 18.9. The van der Waals surface area contributed by atoms with Crippen LogP contribution in [0.2, 0.25) is 5.02 Å². The van der Waals surface area contributed by atoms with Crippen molar-refractivity contribution in [1.29, 1.82) is 0 Å². The standard InChI is InChI=1S/C23H22ClFN2O4S/c1-17-7-10-19(11-8-17)31-14-13-26-23(28)16-27(18-9-12-22(25)21(24)15-18)32(29,30)20-5-3-2-4-6-20/h2-12,15H,13-14,16H2,1H3,(H,26,28). The first kappa shape index (κ1) is 23.6. The summed E-state index contributed by atoms with van der Waals surface area (Å²) in [5.41, 5.74) is 1.18. The summed E-state index contributed by atoms with van der Waals surface area (Å²) in [4.78, 5) is 12.5. The first-order valence-electron chi connectivity index (χ1n) is 9.76. The van der Waals surface area contributed by atoms with E-state index in [-0.39, 0.29) is 28.8 Å². The largest absolute Gasteiger partial charge is 0.492 e. The van der Waals surface area contributed by atoms with Crippen molar-refractivity contribution in [2.24, 2.45) is 0 Å². The summed E-state index contributed by atoms with van der Waals surface area (Å²) < 4.78 is 46.5. The molecule has 0 atom stereocenters. The molecule has 0 aliphatic rings. The van der Waals surface area contributed by atoms with Gasteiger partial charge in [-0.05, 0) is 49.4 Å². The molecule has 0 radical (unpaired) electrons. The van der Waals surface area contributed by atoms with Gasteiger partial charge in [-0.15, -0.1) is 0 Å². The molecule has 0 aliphatic carbocycles. The molecule has 0 unspecified atom stereocenters. The number of carbonyl (C=O) groups is 1. The van der Waals surface area contributed by atoms with Crippen molar-refractivity contribution in [1.82, 2.24) is 5.32 Å². The summed E-state index contributed by atoms with van der Waals surface area (Å²) in [6, 6.07) is 18.6. The van der Waals surface area contributed by atoms with Crippen molar-refractivity contribution in [2.45, 2.75) is 11.8 Å². The lowest BCUT2D eigenvalue weighted by atomic mass is 10.2. The number of halogens is 2. The maximum atomic E-state index is 13.6. The maximum Gasteiger partial charge on any atom is 0.264 e. The van der Waals surface area contributed by atoms with Crippen LogP contribution in [0.3, 0.4) is 0 Å². The van der Waals surface area contributed by atoms with Crippen LogP contribution in [0.25, 0.3) is 0 Å². The summed E-state index contributed by atoms with van der Waals surface area (Å²) in [5.74, 6) is -0.568. The van der Waals surface area contributed by atoms with Crippen molar-refractivity contribution in [3.63, 3.8) is 0 Å². The number of rotatable bonds is 9. The van der Waals surface area contributed by atoms with Gasteiger partial charge in [0, 0.05) is 0 Å². The summed E-state index contributed by atoms with van der Waals surface area (Å²) in [6.07, 6.45) is 0. The Balaban J connectivity index is 1.71. The lowest BCUT2D eigenvalue weighted by Crippen LogP contribution is -2.42. The van der Waals surface area contributed by atoms with Crippen LogP contribution in [0.5, 0.6) is 5.75 Å². The minimum Gasteiger partial charge on any atom is -0.492 e. The Labute approximate surface area is 191 Å². The van der Waals surface area contributed by atoms with Crippen LogP contribution in [0, 0.1) is 12.7 Å². The van der Waals surface area contributed by atoms with Gasteiger partial charge >= 0.3 is 0 Å². The van der Waals surface area contributed by atoms with Gasteiger partial charge in [-0.2, -0.15) is 0 Å². The normalized spacial score (nSPS) is 11.1. The van der Waals surface area contributed by atoms with Crippen LogP contribution in [0.4, 0.5) is 10.1 Å². The molecule has 0 spiro atoms. The van der Waals surface area contributed by atoms with Gasteiger partial charge in [-0.3, -0.25) is 9.10 Å². The van der Waals surface area contributed by atoms with Crippen LogP contribution in [-0.4, -0.2) is 34.0 Å². The third-order valence-electron chi connectivity index (χ3n) is 4.52. The molecule has 1 amide bonds. The average molecular weight is 477 g/mol. The number of benzene rings is 3. The van der Waals surface area contributed by atoms with E-state index in [2.05, 4.69) is 5.32 Å². The summed E-state index contributed by atoms with van der Waals surface area (Å²) in [5, 5.41) is 2.39. The Morgan fingerprint density at radius 1 is 1.06 bits per heavy atom. The van der Waals surface area contributed by atoms with Gasteiger partial charge in [0.2, 0.25) is 5.91 Å². The van der Waals surface area contributed by atoms with Gasteiger partial charge in [0.1, 0.15) is 24.7 Å². The Morgan fingerprint density at radius 3 is 2.41 bits per heavy atom. The van der Waals surface area contributed by atoms with Crippen LogP contribution in [0.1, 0.15) is 5.56 Å². The number of carbonyl (C=O) groups excluding carboxylic acids is 1. The Hall–Kier alpha value is -3.10. The predicted molar refractivity (Wildman–Crippen MR) is 122 cm³/mol. The second-order valence-electron chi connectivity index (χ2n) is 6.93. The van der Waals surface area contributed by atoms with Crippen molar-refractivity contribution in [3.8, 4) is 5.75 Å². The number of sulfonamides is 1. The smallest absolute Gasteiger partial charge is 0.264 e. The van der Waals surface area contributed by atoms with Gasteiger partial charge in [-0.25, -0.2) is 12.8 Å². The summed E-state index contributed by atoms with van der Waals surface area (Å²) >= 11 is 5.85. The lowest BCUT2D eigenvalue weighted by molar-refractivity contribution is -0.119. The molecule has 3 rings (SSSR count). The average Bonchev–Trinajstić information content (AvgIpc) is 2.79. The highest BCUT2D eigenvalue weighted by Crippen LogP contribution is 2.27. The second-order valence-corrected chi connectivity index (χ2v) is 9.20. The minimum absolute atomic E-state index is 0.00375. The van der Waals surface area contributed by atoms with Gasteiger partial charge in [0.25, 0.3) is 10.0 Å². The molecule has 0 aromatic heterocycles. The molecule has 168 valence electrons. The minimum atomic E-state index is -4.10. The van der Waals surface area contributed by atoms with E-state index in [1.54, 1.807) is 18.2 Å². The SMILES string of the molecule is Cc1ccc(OCCNC(=O)CN(c2ccc(F)c(Cl)c2)S(=O)(=O)c2ccccc2)cc1. The quantitative estimate of drug-likeness (QED) is 0.470. The summed E-state index contributed by atoms with van der Waals surface area (Å²) in [6.45, 7) is 1.84. The van der Waals surface area contributed by atoms with E-state index in [1.807, 2.05) is 31.2 Å². The molecule has 6 nitrogen and oxygen atoms in total. The van der Waals surface area contributed by atoms with Crippen molar-refractivity contribution in [2.75, 3.05) is 24.0 Å². The Kier molecular flexibility index (Phi) is 7.71. The second kappa shape index (κ2) is 10.5. The van der Waals surface area contributed by atoms with E-state index in [0.29, 0.717) is 5.75 Å². The number of nitrogens with zero attached hydrogens (tertiary/aromatic N) is 1. The van der Waals surface area contributed by atoms with E-state index in [4.69, 9.17) is 16.3 Å². The van der Waals surface area contributed by atoms with Gasteiger partial charge in [-0.1, -0.05) is 47.5 Å². The molecule has 3 aromatic carbocycles. The topological polar surface area (TPSA) is 75.7 Å². The Bertz CT molecular complexity index is 1170. The van der Waals surface area contributed by atoms with Crippen molar-refractivity contribution in [3.05, 3.63) is 89.2 Å². The third kappa shape index (κ3) is 5.99. The molecule has 0 heterocycles. The fourth-order valence-corrected chi connectivity index (χ4v) is 4.46. The predicted octanol–water partition coefficient (Wildman–Crippen LogP) is 4.18. The number of ether oxygens (including phenoxy) is 1. The van der Waals surface area contributed by atoms with Crippen molar-refractivity contribution < 1.29 is 22.3 Å². The van der Waals surface area contributed by atoms with Gasteiger partial charge in [0.05, 0.1) is 22.2 Å². The number of nitrogens with one attached hydrogen (secondary N) is 1. The molecule has 0 saturated heterocycles. The highest BCUT2D eigenvalue weighted by atomic mass is 35.5. The van der Waals surface area contributed by atoms with Crippen LogP contribution < -0.4 is 14.4 Å². The fraction of sp³-hybridized carbons (Fsp3) is 0.174. The van der Waals surface area contributed by atoms with Gasteiger partial charge in [0.15, 0.2) is 0 Å². The molecular weight excluding hydrogens is 455 g/mol. The van der Waals surface area contributed by atoms with Crippen LogP contribution in [0.15, 0.2) is 77.7 Å².